The van der Waals surface area contributed by atoms with E-state index in [1.807, 2.05) is 24.3 Å². The highest BCUT2D eigenvalue weighted by Gasteiger charge is 2.05. The Balaban J connectivity index is 2.08. The van der Waals surface area contributed by atoms with Crippen LogP contribution in [0.1, 0.15) is 33.1 Å². The second-order valence-corrected chi connectivity index (χ2v) is 4.31. The summed E-state index contributed by atoms with van der Waals surface area (Å²) in [6.07, 6.45) is 3.56. The van der Waals surface area contributed by atoms with E-state index in [9.17, 15) is 0 Å². The Morgan fingerprint density at radius 3 is 2.71 bits per heavy atom. The molecule has 1 atom stereocenters. The average Bonchev–Trinajstić information content (AvgIpc) is 2.36. The number of nitrogens with one attached hydrogen (secondary N) is 1. The number of para-hydroxylation sites is 1. The SMILES string of the molecule is CCCCC(C)Nc1nnc2ccccc2n1. The van der Waals surface area contributed by atoms with E-state index in [1.165, 1.54) is 12.8 Å². The summed E-state index contributed by atoms with van der Waals surface area (Å²) >= 11 is 0. The Bertz CT molecular complexity index is 484. The maximum absolute atomic E-state index is 4.44. The van der Waals surface area contributed by atoms with Crippen LogP contribution in [-0.2, 0) is 0 Å². The van der Waals surface area contributed by atoms with E-state index in [-0.39, 0.29) is 0 Å². The van der Waals surface area contributed by atoms with Crippen LogP contribution in [0.25, 0.3) is 11.0 Å². The third-order valence-electron chi connectivity index (χ3n) is 2.73. The summed E-state index contributed by atoms with van der Waals surface area (Å²) in [6.45, 7) is 4.34. The van der Waals surface area contributed by atoms with Gasteiger partial charge in [-0.3, -0.25) is 0 Å². The van der Waals surface area contributed by atoms with Gasteiger partial charge in [-0.05, 0) is 25.5 Å². The summed E-state index contributed by atoms with van der Waals surface area (Å²) in [5.74, 6) is 0.618. The van der Waals surface area contributed by atoms with Crippen LogP contribution in [0.5, 0.6) is 0 Å². The molecular weight excluding hydrogens is 212 g/mol. The number of nitrogens with zero attached hydrogens (tertiary/aromatic N) is 3. The molecule has 2 aromatic rings. The molecule has 1 N–H and O–H groups in total. The quantitative estimate of drug-likeness (QED) is 0.857. The van der Waals surface area contributed by atoms with Crippen LogP contribution in [0.3, 0.4) is 0 Å². The van der Waals surface area contributed by atoms with Crippen molar-refractivity contribution in [3.05, 3.63) is 24.3 Å². The minimum absolute atomic E-state index is 0.387. The van der Waals surface area contributed by atoms with Gasteiger partial charge in [0, 0.05) is 6.04 Å². The molecule has 1 aromatic carbocycles. The maximum atomic E-state index is 4.44. The van der Waals surface area contributed by atoms with Gasteiger partial charge in [-0.15, -0.1) is 10.2 Å². The average molecular weight is 230 g/mol. The molecule has 0 aliphatic carbocycles. The van der Waals surface area contributed by atoms with Gasteiger partial charge in [0.25, 0.3) is 0 Å². The number of fused-ring (bicyclic) bond motifs is 1. The smallest absolute Gasteiger partial charge is 0.243 e. The molecular formula is C13H18N4. The van der Waals surface area contributed by atoms with E-state index < -0.39 is 0 Å². The van der Waals surface area contributed by atoms with Crippen LogP contribution in [0.15, 0.2) is 24.3 Å². The van der Waals surface area contributed by atoms with Crippen LogP contribution < -0.4 is 5.32 Å². The predicted octanol–water partition coefficient (Wildman–Crippen LogP) is 3.02. The molecule has 4 nitrogen and oxygen atoms in total. The first kappa shape index (κ1) is 11.8. The van der Waals surface area contributed by atoms with Crippen molar-refractivity contribution in [3.8, 4) is 0 Å². The van der Waals surface area contributed by atoms with Crippen molar-refractivity contribution in [3.63, 3.8) is 0 Å². The second-order valence-electron chi connectivity index (χ2n) is 4.31. The van der Waals surface area contributed by atoms with E-state index in [2.05, 4.69) is 34.3 Å². The second kappa shape index (κ2) is 5.57. The monoisotopic (exact) mass is 230 g/mol. The fourth-order valence-electron chi connectivity index (χ4n) is 1.74. The first-order chi connectivity index (χ1) is 8.29. The molecule has 0 aliphatic heterocycles. The Hall–Kier alpha value is -1.71. The molecule has 17 heavy (non-hydrogen) atoms. The van der Waals surface area contributed by atoms with Gasteiger partial charge < -0.3 is 5.32 Å². The lowest BCUT2D eigenvalue weighted by Gasteiger charge is -2.12. The molecule has 0 saturated carbocycles. The molecule has 0 fully saturated rings. The zero-order valence-corrected chi connectivity index (χ0v) is 10.3. The van der Waals surface area contributed by atoms with Gasteiger partial charge in [0.1, 0.15) is 5.52 Å². The fraction of sp³-hybridized carbons (Fsp3) is 0.462. The summed E-state index contributed by atoms with van der Waals surface area (Å²) in [7, 11) is 0. The fourth-order valence-corrected chi connectivity index (χ4v) is 1.74. The van der Waals surface area contributed by atoms with Gasteiger partial charge in [-0.1, -0.05) is 31.9 Å². The molecule has 1 unspecified atom stereocenters. The Morgan fingerprint density at radius 2 is 1.94 bits per heavy atom. The third kappa shape index (κ3) is 3.12. The molecule has 1 aromatic heterocycles. The Kier molecular flexibility index (Phi) is 3.85. The molecule has 90 valence electrons. The Morgan fingerprint density at radius 1 is 1.18 bits per heavy atom. The topological polar surface area (TPSA) is 50.7 Å². The summed E-state index contributed by atoms with van der Waals surface area (Å²) < 4.78 is 0. The standard InChI is InChI=1S/C13H18N4/c1-3-4-7-10(2)14-13-15-11-8-5-6-9-12(11)16-17-13/h5-6,8-10H,3-4,7H2,1-2H3,(H,14,15,17). The number of aromatic nitrogens is 3. The molecule has 0 aliphatic rings. The Labute approximate surface area is 101 Å². The van der Waals surface area contributed by atoms with Crippen molar-refractivity contribution in [1.82, 2.24) is 15.2 Å². The third-order valence-corrected chi connectivity index (χ3v) is 2.73. The van der Waals surface area contributed by atoms with E-state index in [0.717, 1.165) is 17.5 Å². The largest absolute Gasteiger partial charge is 0.350 e. The zero-order chi connectivity index (χ0) is 12.1. The molecule has 0 amide bonds. The first-order valence-corrected chi connectivity index (χ1v) is 6.15. The molecule has 1 heterocycles. The van der Waals surface area contributed by atoms with Crippen molar-refractivity contribution in [1.29, 1.82) is 0 Å². The van der Waals surface area contributed by atoms with E-state index in [0.29, 0.717) is 12.0 Å². The number of benzene rings is 1. The lowest BCUT2D eigenvalue weighted by atomic mass is 10.1. The van der Waals surface area contributed by atoms with Crippen LogP contribution in [0.4, 0.5) is 5.95 Å². The van der Waals surface area contributed by atoms with Gasteiger partial charge in [0.05, 0.1) is 5.52 Å². The van der Waals surface area contributed by atoms with Gasteiger partial charge in [-0.2, -0.15) is 0 Å². The number of hydrogen-bond acceptors (Lipinski definition) is 4. The number of unbranched alkanes of at least 4 members (excludes halogenated alkanes) is 1. The van der Waals surface area contributed by atoms with Gasteiger partial charge in [-0.25, -0.2) is 4.98 Å². The predicted molar refractivity (Wildman–Crippen MR) is 69.9 cm³/mol. The normalized spacial score (nSPS) is 12.6. The zero-order valence-electron chi connectivity index (χ0n) is 10.3. The number of hydrogen-bond donors (Lipinski definition) is 1. The van der Waals surface area contributed by atoms with Gasteiger partial charge in [0.2, 0.25) is 5.95 Å². The van der Waals surface area contributed by atoms with Crippen molar-refractivity contribution in [2.24, 2.45) is 0 Å². The molecule has 0 saturated heterocycles. The highest BCUT2D eigenvalue weighted by atomic mass is 15.2. The van der Waals surface area contributed by atoms with Crippen molar-refractivity contribution in [2.45, 2.75) is 39.2 Å². The summed E-state index contributed by atoms with van der Waals surface area (Å²) in [6, 6.07) is 8.15. The first-order valence-electron chi connectivity index (χ1n) is 6.15. The van der Waals surface area contributed by atoms with Crippen LogP contribution in [0.2, 0.25) is 0 Å². The van der Waals surface area contributed by atoms with Crippen LogP contribution >= 0.6 is 0 Å². The highest BCUT2D eigenvalue weighted by Crippen LogP contribution is 2.10. The van der Waals surface area contributed by atoms with Gasteiger partial charge in [0.15, 0.2) is 0 Å². The summed E-state index contributed by atoms with van der Waals surface area (Å²) in [5.41, 5.74) is 1.71. The summed E-state index contributed by atoms with van der Waals surface area (Å²) in [4.78, 5) is 4.44. The molecule has 2 rings (SSSR count). The molecule has 0 bridgehead atoms. The van der Waals surface area contributed by atoms with E-state index >= 15 is 0 Å². The minimum Gasteiger partial charge on any atom is -0.350 e. The van der Waals surface area contributed by atoms with Crippen molar-refractivity contribution in [2.75, 3.05) is 5.32 Å². The van der Waals surface area contributed by atoms with Gasteiger partial charge >= 0.3 is 0 Å². The minimum atomic E-state index is 0.387. The number of anilines is 1. The van der Waals surface area contributed by atoms with Crippen LogP contribution in [0, 0.1) is 0 Å². The molecule has 0 spiro atoms. The van der Waals surface area contributed by atoms with E-state index in [4.69, 9.17) is 0 Å². The van der Waals surface area contributed by atoms with Crippen molar-refractivity contribution >= 4 is 17.0 Å². The van der Waals surface area contributed by atoms with E-state index in [1.54, 1.807) is 0 Å². The highest BCUT2D eigenvalue weighted by molar-refractivity contribution is 5.74. The maximum Gasteiger partial charge on any atom is 0.243 e. The summed E-state index contributed by atoms with van der Waals surface area (Å²) in [5, 5.41) is 11.5. The lowest BCUT2D eigenvalue weighted by Crippen LogP contribution is -2.17. The van der Waals surface area contributed by atoms with Crippen LogP contribution in [-0.4, -0.2) is 21.2 Å². The molecule has 0 radical (unpaired) electrons. The molecule has 4 heteroatoms. The number of rotatable bonds is 5. The van der Waals surface area contributed by atoms with Crippen molar-refractivity contribution < 1.29 is 0 Å². The lowest BCUT2D eigenvalue weighted by molar-refractivity contribution is 0.640.